The normalized spacial score (nSPS) is 15.7. The lowest BCUT2D eigenvalue weighted by molar-refractivity contribution is 0.0148. The molecular formula is C58H75ClN18O8S2. The van der Waals surface area contributed by atoms with Crippen molar-refractivity contribution in [3.63, 3.8) is 0 Å². The first-order valence-corrected chi connectivity index (χ1v) is 32.0. The molecule has 2 atom stereocenters. The van der Waals surface area contributed by atoms with Gasteiger partial charge in [0.1, 0.15) is 45.8 Å². The Morgan fingerprint density at radius 3 is 1.51 bits per heavy atom. The summed E-state index contributed by atoms with van der Waals surface area (Å²) in [4.78, 5) is 67.2. The van der Waals surface area contributed by atoms with E-state index >= 15 is 0 Å². The lowest BCUT2D eigenvalue weighted by Crippen LogP contribution is -2.55. The summed E-state index contributed by atoms with van der Waals surface area (Å²) in [6.07, 6.45) is 15.6. The number of rotatable bonds is 12. The molecule has 2 saturated heterocycles. The highest BCUT2D eigenvalue weighted by Crippen LogP contribution is 2.27. The number of amides is 2. The zero-order chi connectivity index (χ0) is 63.2. The second-order valence-corrected chi connectivity index (χ2v) is 27.5. The summed E-state index contributed by atoms with van der Waals surface area (Å²) >= 11 is 5.86. The molecule has 10 rings (SSSR count). The number of carbonyl (C=O) groups excluding carboxylic acids is 2. The Morgan fingerprint density at radius 1 is 0.621 bits per heavy atom. The van der Waals surface area contributed by atoms with Crippen LogP contribution in [0.1, 0.15) is 66.5 Å². The predicted octanol–water partition coefficient (Wildman–Crippen LogP) is 7.89. The number of nitrogen functional groups attached to an aromatic ring is 1. The molecule has 87 heavy (non-hydrogen) atoms. The van der Waals surface area contributed by atoms with Gasteiger partial charge in [0.25, 0.3) is 0 Å². The van der Waals surface area contributed by atoms with Crippen molar-refractivity contribution < 1.29 is 35.9 Å². The van der Waals surface area contributed by atoms with Crippen LogP contribution >= 0.6 is 11.6 Å². The quantitative estimate of drug-likeness (QED) is 0.110. The van der Waals surface area contributed by atoms with Gasteiger partial charge in [-0.25, -0.2) is 56.3 Å². The Morgan fingerprint density at radius 2 is 1.08 bits per heavy atom. The molecule has 2 aliphatic rings. The number of nitrogens with one attached hydrogen (secondary N) is 1. The maximum atomic E-state index is 12.6. The number of aromatic nitrogens is 10. The van der Waals surface area contributed by atoms with Crippen LogP contribution in [0.25, 0.3) is 22.1 Å². The van der Waals surface area contributed by atoms with Crippen LogP contribution in [0.4, 0.5) is 50.2 Å². The minimum Gasteiger partial charge on any atom is -0.444 e. The van der Waals surface area contributed by atoms with Crippen LogP contribution in [-0.4, -0.2) is 177 Å². The van der Waals surface area contributed by atoms with Crippen molar-refractivity contribution in [2.45, 2.75) is 91.8 Å². The van der Waals surface area contributed by atoms with Crippen molar-refractivity contribution in [1.82, 2.24) is 58.8 Å². The minimum absolute atomic E-state index is 0.00714. The highest BCUT2D eigenvalue weighted by atomic mass is 35.5. The van der Waals surface area contributed by atoms with E-state index in [-0.39, 0.29) is 29.6 Å². The number of hydrogen-bond donors (Lipinski definition) is 2. The third kappa shape index (κ3) is 16.9. The largest absolute Gasteiger partial charge is 0.444 e. The van der Waals surface area contributed by atoms with Gasteiger partial charge in [-0.05, 0) is 116 Å². The van der Waals surface area contributed by atoms with Crippen molar-refractivity contribution in [3.8, 4) is 0 Å². The molecule has 10 heterocycles. The van der Waals surface area contributed by atoms with E-state index in [1.54, 1.807) is 65.2 Å². The molecule has 0 aromatic carbocycles. The van der Waals surface area contributed by atoms with E-state index in [0.717, 1.165) is 63.2 Å². The second-order valence-electron chi connectivity index (χ2n) is 23.1. The molecule has 8 aromatic rings. The molecule has 0 spiro atoms. The SMILES string of the molecule is CN(c1ncccc1Cn1ccc2cnc(Cl)nc21)S(C)(=O)=O.C[C@H]1CN(c2ccc(N)nc2)CCN1C(=O)OC(C)(C)C.C[C@H]1CN(c2ccc(Nc3ncc4ccn(Cc5cccnc5N(C)S(C)(=O)=O)c4n3)nc2)CCN1C(=O)OC(C)(C)C. The molecule has 2 aliphatic heterocycles. The Labute approximate surface area is 512 Å². The van der Waals surface area contributed by atoms with E-state index in [1.165, 1.54) is 18.4 Å². The first-order chi connectivity index (χ1) is 40.9. The standard InChI is InChI=1S/C29H37N9O4S.C15H24N4O2.C14H14ClN5O2S/c1-20-18-36(14-15-38(20)28(39)42-29(2,3)4)23-9-10-24(31-17-23)33-27-32-16-21-11-13-37(26(21)34-27)19-22-8-7-12-30-25(22)35(5)43(6,40)41;1-11-10-18(12-5-6-13(16)17-9-12)7-8-19(11)14(20)21-15(2,3)4;1-19(23(2,21)22)12-11(4-3-6-16-12)9-20-7-5-10-8-17-14(15)18-13(10)20/h7-13,16-17,20H,14-15,18-19H2,1-6H3,(H,31,32,33,34);5-6,9,11H,7-8,10H2,1-4H3,(H2,16,17);3-8H,9H2,1-2H3/t20-;11-;/m00./s1. The molecule has 3 N–H and O–H groups in total. The zero-order valence-electron chi connectivity index (χ0n) is 50.9. The molecule has 8 aromatic heterocycles. The van der Waals surface area contributed by atoms with Crippen LogP contribution in [0.15, 0.2) is 110 Å². The lowest BCUT2D eigenvalue weighted by atomic mass is 10.1. The average molecular weight is 1250 g/mol. The van der Waals surface area contributed by atoms with Gasteiger partial charge in [0.15, 0.2) is 0 Å². The molecule has 0 radical (unpaired) electrons. The Hall–Kier alpha value is -8.63. The zero-order valence-corrected chi connectivity index (χ0v) is 53.3. The van der Waals surface area contributed by atoms with Gasteiger partial charge in [-0.3, -0.25) is 8.61 Å². The number of halogens is 1. The number of carbonyl (C=O) groups is 2. The first-order valence-electron chi connectivity index (χ1n) is 27.9. The van der Waals surface area contributed by atoms with E-state index < -0.39 is 31.2 Å². The summed E-state index contributed by atoms with van der Waals surface area (Å²) in [6.45, 7) is 20.1. The Balaban J connectivity index is 0.000000187. The third-order valence-electron chi connectivity index (χ3n) is 14.0. The van der Waals surface area contributed by atoms with Gasteiger partial charge >= 0.3 is 12.2 Å². The third-order valence-corrected chi connectivity index (χ3v) is 16.5. The van der Waals surface area contributed by atoms with Gasteiger partial charge in [-0.2, -0.15) is 9.97 Å². The lowest BCUT2D eigenvalue weighted by Gasteiger charge is -2.41. The number of nitrogens with two attached hydrogens (primary N) is 1. The van der Waals surface area contributed by atoms with Gasteiger partial charge < -0.3 is 49.3 Å². The molecule has 2 amide bonds. The number of nitrogens with zero attached hydrogens (tertiary/aromatic N) is 16. The predicted molar refractivity (Wildman–Crippen MR) is 339 cm³/mol. The topological polar surface area (TPSA) is 291 Å². The summed E-state index contributed by atoms with van der Waals surface area (Å²) < 4.78 is 65.0. The minimum atomic E-state index is -3.47. The monoisotopic (exact) mass is 1250 g/mol. The van der Waals surface area contributed by atoms with E-state index in [4.69, 9.17) is 31.8 Å². The van der Waals surface area contributed by atoms with Crippen molar-refractivity contribution in [3.05, 3.63) is 127 Å². The number of hydrogen-bond acceptors (Lipinski definition) is 20. The van der Waals surface area contributed by atoms with Crippen molar-refractivity contribution in [2.75, 3.05) is 95.3 Å². The van der Waals surface area contributed by atoms with Gasteiger partial charge in [-0.15, -0.1) is 0 Å². The molecule has 0 unspecified atom stereocenters. The van der Waals surface area contributed by atoms with E-state index in [9.17, 15) is 26.4 Å². The maximum absolute atomic E-state index is 12.6. The van der Waals surface area contributed by atoms with Gasteiger partial charge in [0, 0.05) is 125 Å². The number of anilines is 7. The molecule has 0 aliphatic carbocycles. The van der Waals surface area contributed by atoms with Crippen molar-refractivity contribution >= 4 is 106 Å². The Kier molecular flexibility index (Phi) is 19.6. The first kappa shape index (κ1) is 64.4. The van der Waals surface area contributed by atoms with Crippen LogP contribution in [-0.2, 0) is 42.6 Å². The van der Waals surface area contributed by atoms with Crippen LogP contribution in [0, 0.1) is 0 Å². The molecular weight excluding hydrogens is 1180 g/mol. The molecule has 0 saturated carbocycles. The summed E-state index contributed by atoms with van der Waals surface area (Å²) in [5.74, 6) is 2.23. The molecule has 464 valence electrons. The van der Waals surface area contributed by atoms with Crippen molar-refractivity contribution in [1.29, 1.82) is 0 Å². The average Bonchev–Trinajstić information content (AvgIpc) is 2.03. The van der Waals surface area contributed by atoms with Gasteiger partial charge in [-0.1, -0.05) is 12.1 Å². The van der Waals surface area contributed by atoms with E-state index in [2.05, 4.69) is 50.0 Å². The summed E-state index contributed by atoms with van der Waals surface area (Å²) in [7, 11) is -3.89. The summed E-state index contributed by atoms with van der Waals surface area (Å²) in [5, 5.41) is 5.04. The highest BCUT2D eigenvalue weighted by Gasteiger charge is 2.33. The molecule has 0 bridgehead atoms. The Bertz CT molecular complexity index is 3940. The van der Waals surface area contributed by atoms with Crippen molar-refractivity contribution in [2.24, 2.45) is 0 Å². The van der Waals surface area contributed by atoms with E-state index in [0.29, 0.717) is 79.8 Å². The fraction of sp³-hybridized carbons (Fsp3) is 0.414. The van der Waals surface area contributed by atoms with E-state index in [1.807, 2.05) is 119 Å². The fourth-order valence-electron chi connectivity index (χ4n) is 9.51. The number of pyridine rings is 4. The summed E-state index contributed by atoms with van der Waals surface area (Å²) in [5.41, 5.74) is 9.45. The molecule has 2 fully saturated rings. The van der Waals surface area contributed by atoms with Crippen LogP contribution < -0.4 is 29.5 Å². The summed E-state index contributed by atoms with van der Waals surface area (Å²) in [6, 6.07) is 18.7. The molecule has 29 heteroatoms. The number of sulfonamides is 2. The van der Waals surface area contributed by atoms with Gasteiger partial charge in [0.05, 0.1) is 49.4 Å². The number of fused-ring (bicyclic) bond motifs is 2. The number of ether oxygens (including phenoxy) is 2. The second kappa shape index (κ2) is 26.5. The van der Waals surface area contributed by atoms with Gasteiger partial charge in [0.2, 0.25) is 31.3 Å². The smallest absolute Gasteiger partial charge is 0.410 e. The number of piperazine rings is 2. The molecule has 26 nitrogen and oxygen atoms in total. The van der Waals surface area contributed by atoms with Crippen LogP contribution in [0.3, 0.4) is 0 Å². The van der Waals surface area contributed by atoms with Crippen LogP contribution in [0.5, 0.6) is 0 Å². The fourth-order valence-corrected chi connectivity index (χ4v) is 10.6. The maximum Gasteiger partial charge on any atom is 0.410 e. The highest BCUT2D eigenvalue weighted by molar-refractivity contribution is 7.92. The van der Waals surface area contributed by atoms with Crippen LogP contribution in [0.2, 0.25) is 5.28 Å².